The second kappa shape index (κ2) is 8.48. The number of carbonyl (C=O) groups is 2. The molecule has 0 atom stereocenters. The molecule has 0 unspecified atom stereocenters. The monoisotopic (exact) mass is 453 g/mol. The Morgan fingerprint density at radius 1 is 1.03 bits per heavy atom. The lowest BCUT2D eigenvalue weighted by atomic mass is 10.0. The molecule has 0 bridgehead atoms. The zero-order chi connectivity index (χ0) is 22.2. The van der Waals surface area contributed by atoms with Gasteiger partial charge < -0.3 is 10.1 Å². The Hall–Kier alpha value is -2.63. The van der Waals surface area contributed by atoms with Crippen molar-refractivity contribution in [3.63, 3.8) is 0 Å². The summed E-state index contributed by atoms with van der Waals surface area (Å²) in [6.45, 7) is 5.48. The lowest BCUT2D eigenvalue weighted by Gasteiger charge is -2.20. The Balaban J connectivity index is 1.63. The van der Waals surface area contributed by atoms with Crippen molar-refractivity contribution in [2.45, 2.75) is 39.2 Å². The van der Waals surface area contributed by atoms with Crippen molar-refractivity contribution in [1.29, 1.82) is 0 Å². The smallest absolute Gasteiger partial charge is 0.342 e. The topological polar surface area (TPSA) is 55.4 Å². The standard InChI is InChI=1S/C25H24ClNO3S/c1-25(2,3)30-24(29)21-20(15-8-10-19(26)11-9-15)14-31-23(21)27-22(28)18-12-16-6-4-5-7-17(16)13-18/h4-11,14,18H,12-13H2,1-3H3,(H,27,28). The van der Waals surface area contributed by atoms with Crippen molar-refractivity contribution in [2.75, 3.05) is 5.32 Å². The van der Waals surface area contributed by atoms with Crippen LogP contribution in [-0.2, 0) is 22.4 Å². The third-order valence-electron chi connectivity index (χ3n) is 5.21. The molecule has 1 aromatic heterocycles. The van der Waals surface area contributed by atoms with E-state index in [0.717, 1.165) is 11.1 Å². The summed E-state index contributed by atoms with van der Waals surface area (Å²) in [6.07, 6.45) is 1.42. The summed E-state index contributed by atoms with van der Waals surface area (Å²) in [7, 11) is 0. The summed E-state index contributed by atoms with van der Waals surface area (Å²) < 4.78 is 5.66. The van der Waals surface area contributed by atoms with Crippen LogP contribution in [-0.4, -0.2) is 17.5 Å². The van der Waals surface area contributed by atoms with Crippen molar-refractivity contribution in [3.8, 4) is 11.1 Å². The molecule has 1 amide bonds. The van der Waals surface area contributed by atoms with E-state index in [4.69, 9.17) is 16.3 Å². The predicted octanol–water partition coefficient (Wildman–Crippen LogP) is 6.38. The number of esters is 1. The fourth-order valence-electron chi connectivity index (χ4n) is 3.78. The zero-order valence-electron chi connectivity index (χ0n) is 17.7. The van der Waals surface area contributed by atoms with E-state index in [1.165, 1.54) is 22.5 Å². The fourth-order valence-corrected chi connectivity index (χ4v) is 4.87. The highest BCUT2D eigenvalue weighted by molar-refractivity contribution is 7.15. The molecule has 0 aliphatic heterocycles. The van der Waals surface area contributed by atoms with Crippen molar-refractivity contribution in [3.05, 3.63) is 75.6 Å². The maximum absolute atomic E-state index is 13.1. The van der Waals surface area contributed by atoms with E-state index in [0.29, 0.717) is 28.4 Å². The molecule has 160 valence electrons. The molecule has 1 N–H and O–H groups in total. The molecule has 1 aliphatic carbocycles. The number of ether oxygens (including phenoxy) is 1. The second-order valence-corrected chi connectivity index (χ2v) is 10.0. The largest absolute Gasteiger partial charge is 0.456 e. The van der Waals surface area contributed by atoms with Crippen LogP contribution >= 0.6 is 22.9 Å². The number of hydrogen-bond acceptors (Lipinski definition) is 4. The Morgan fingerprint density at radius 2 is 1.65 bits per heavy atom. The normalized spacial score (nSPS) is 13.7. The van der Waals surface area contributed by atoms with Gasteiger partial charge in [-0.25, -0.2) is 4.79 Å². The predicted molar refractivity (Wildman–Crippen MR) is 126 cm³/mol. The fraction of sp³-hybridized carbons (Fsp3) is 0.280. The molecule has 1 heterocycles. The Morgan fingerprint density at radius 3 is 2.23 bits per heavy atom. The van der Waals surface area contributed by atoms with Crippen molar-refractivity contribution >= 4 is 39.8 Å². The van der Waals surface area contributed by atoms with Gasteiger partial charge in [-0.05, 0) is 62.4 Å². The first-order valence-electron chi connectivity index (χ1n) is 10.2. The second-order valence-electron chi connectivity index (χ2n) is 8.73. The average Bonchev–Trinajstić information content (AvgIpc) is 3.31. The third kappa shape index (κ3) is 4.83. The third-order valence-corrected chi connectivity index (χ3v) is 6.36. The summed E-state index contributed by atoms with van der Waals surface area (Å²) >= 11 is 7.36. The van der Waals surface area contributed by atoms with Crippen molar-refractivity contribution in [2.24, 2.45) is 5.92 Å². The number of anilines is 1. The van der Waals surface area contributed by atoms with E-state index in [9.17, 15) is 9.59 Å². The lowest BCUT2D eigenvalue weighted by molar-refractivity contribution is -0.119. The van der Waals surface area contributed by atoms with Crippen LogP contribution in [0.25, 0.3) is 11.1 Å². The van der Waals surface area contributed by atoms with Gasteiger partial charge in [-0.3, -0.25) is 4.79 Å². The van der Waals surface area contributed by atoms with E-state index >= 15 is 0 Å². The molecule has 0 saturated heterocycles. The molecule has 2 aromatic carbocycles. The van der Waals surface area contributed by atoms with E-state index < -0.39 is 11.6 Å². The van der Waals surface area contributed by atoms with Gasteiger partial charge in [0.15, 0.2) is 0 Å². The van der Waals surface area contributed by atoms with Gasteiger partial charge in [0.25, 0.3) is 0 Å². The average molecular weight is 454 g/mol. The number of nitrogens with one attached hydrogen (secondary N) is 1. The first-order chi connectivity index (χ1) is 14.7. The van der Waals surface area contributed by atoms with Crippen molar-refractivity contribution in [1.82, 2.24) is 0 Å². The lowest BCUT2D eigenvalue weighted by Crippen LogP contribution is -2.26. The van der Waals surface area contributed by atoms with Gasteiger partial charge in [0, 0.05) is 21.9 Å². The van der Waals surface area contributed by atoms with Crippen LogP contribution in [0.5, 0.6) is 0 Å². The molecule has 0 fully saturated rings. The van der Waals surface area contributed by atoms with E-state index in [-0.39, 0.29) is 11.8 Å². The number of carbonyl (C=O) groups excluding carboxylic acids is 2. The zero-order valence-corrected chi connectivity index (χ0v) is 19.3. The minimum atomic E-state index is -0.648. The molecule has 0 spiro atoms. The SMILES string of the molecule is CC(C)(C)OC(=O)c1c(-c2ccc(Cl)cc2)csc1NC(=O)C1Cc2ccccc2C1. The summed E-state index contributed by atoms with van der Waals surface area (Å²) in [6, 6.07) is 15.4. The first-order valence-corrected chi connectivity index (χ1v) is 11.5. The van der Waals surface area contributed by atoms with Gasteiger partial charge in [0.2, 0.25) is 5.91 Å². The van der Waals surface area contributed by atoms with Gasteiger partial charge in [-0.2, -0.15) is 0 Å². The molecular formula is C25H24ClNO3S. The van der Waals surface area contributed by atoms with Gasteiger partial charge in [-0.1, -0.05) is 48.0 Å². The van der Waals surface area contributed by atoms with Gasteiger partial charge >= 0.3 is 5.97 Å². The minimum Gasteiger partial charge on any atom is -0.456 e. The quantitative estimate of drug-likeness (QED) is 0.466. The molecule has 0 radical (unpaired) electrons. The number of amides is 1. The van der Waals surface area contributed by atoms with Crippen LogP contribution in [0.3, 0.4) is 0 Å². The van der Waals surface area contributed by atoms with Crippen LogP contribution in [0.15, 0.2) is 53.9 Å². The van der Waals surface area contributed by atoms with E-state index in [1.54, 1.807) is 12.1 Å². The maximum atomic E-state index is 13.1. The molecule has 1 aliphatic rings. The molecule has 0 saturated carbocycles. The van der Waals surface area contributed by atoms with Gasteiger partial charge in [0.05, 0.1) is 0 Å². The van der Waals surface area contributed by atoms with Crippen LogP contribution in [0.2, 0.25) is 5.02 Å². The molecule has 6 heteroatoms. The van der Waals surface area contributed by atoms with E-state index in [2.05, 4.69) is 17.4 Å². The van der Waals surface area contributed by atoms with Gasteiger partial charge in [-0.15, -0.1) is 11.3 Å². The maximum Gasteiger partial charge on any atom is 0.342 e. The highest BCUT2D eigenvalue weighted by Gasteiger charge is 2.30. The summed E-state index contributed by atoms with van der Waals surface area (Å²) in [5, 5.41) is 6.02. The Bertz CT molecular complexity index is 1100. The van der Waals surface area contributed by atoms with Gasteiger partial charge in [0.1, 0.15) is 16.2 Å². The molecule has 4 rings (SSSR count). The highest BCUT2D eigenvalue weighted by Crippen LogP contribution is 2.38. The molecule has 3 aromatic rings. The Labute approximate surface area is 191 Å². The number of halogens is 1. The highest BCUT2D eigenvalue weighted by atomic mass is 35.5. The molecule has 31 heavy (non-hydrogen) atoms. The van der Waals surface area contributed by atoms with Crippen LogP contribution in [0.1, 0.15) is 42.3 Å². The molecular weight excluding hydrogens is 430 g/mol. The van der Waals surface area contributed by atoms with Crippen LogP contribution in [0, 0.1) is 5.92 Å². The summed E-state index contributed by atoms with van der Waals surface area (Å²) in [5.74, 6) is -0.681. The molecule has 4 nitrogen and oxygen atoms in total. The number of benzene rings is 2. The first kappa shape index (κ1) is 21.6. The minimum absolute atomic E-state index is 0.0782. The number of thiophene rings is 1. The van der Waals surface area contributed by atoms with Crippen LogP contribution < -0.4 is 5.32 Å². The summed E-state index contributed by atoms with van der Waals surface area (Å²) in [5.41, 5.74) is 3.72. The summed E-state index contributed by atoms with van der Waals surface area (Å²) in [4.78, 5) is 26.2. The van der Waals surface area contributed by atoms with Crippen molar-refractivity contribution < 1.29 is 14.3 Å². The number of fused-ring (bicyclic) bond motifs is 1. The number of hydrogen-bond donors (Lipinski definition) is 1. The Kier molecular flexibility index (Phi) is 5.91. The van der Waals surface area contributed by atoms with E-state index in [1.807, 2.05) is 50.4 Å². The van der Waals surface area contributed by atoms with Crippen LogP contribution in [0.4, 0.5) is 5.00 Å². The number of rotatable bonds is 4.